The molecule has 12 nitrogen and oxygen atoms in total. The molecular weight excluding hydrogens is 256 g/mol. The highest BCUT2D eigenvalue weighted by Crippen LogP contribution is 2.13. The van der Waals surface area contributed by atoms with Gasteiger partial charge in [-0.3, -0.25) is 20.2 Å². The number of aliphatic hydroxyl groups excluding tert-OH is 2. The van der Waals surface area contributed by atoms with Crippen LogP contribution in [0.4, 0.5) is 0 Å². The van der Waals surface area contributed by atoms with Crippen LogP contribution in [0.25, 0.3) is 0 Å². The molecule has 0 aliphatic carbocycles. The average Bonchev–Trinajstić information content (AvgIpc) is 2.26. The Morgan fingerprint density at radius 2 is 1.67 bits per heavy atom. The normalized spacial score (nSPS) is 12.8. The van der Waals surface area contributed by atoms with E-state index in [1.165, 1.54) is 0 Å². The van der Waals surface area contributed by atoms with Gasteiger partial charge in [-0.05, 0) is 0 Å². The maximum Gasteiger partial charge on any atom is 0.478 e. The summed E-state index contributed by atoms with van der Waals surface area (Å²) < 4.78 is 0. The maximum atomic E-state index is 10.6. The quantitative estimate of drug-likeness (QED) is 0.289. The fourth-order valence-electron chi connectivity index (χ4n) is 1.02. The Morgan fingerprint density at radius 3 is 1.94 bits per heavy atom. The Hall–Kier alpha value is -2.08. The van der Waals surface area contributed by atoms with Gasteiger partial charge in [-0.2, -0.15) is 0 Å². The van der Waals surface area contributed by atoms with Crippen molar-refractivity contribution in [2.45, 2.75) is 18.7 Å². The largest absolute Gasteiger partial charge is 0.478 e. The second kappa shape index (κ2) is 6.02. The molecule has 0 saturated heterocycles. The van der Waals surface area contributed by atoms with Gasteiger partial charge in [-0.25, -0.2) is 10.1 Å². The molecule has 0 aromatic carbocycles. The lowest BCUT2D eigenvalue weighted by Gasteiger charge is -2.19. The minimum atomic E-state index is -2.78. The molecule has 104 valence electrons. The van der Waals surface area contributed by atoms with Crippen molar-refractivity contribution in [1.82, 2.24) is 5.01 Å². The molecule has 18 heavy (non-hydrogen) atoms. The van der Waals surface area contributed by atoms with Crippen molar-refractivity contribution in [3.63, 3.8) is 0 Å². The third-order valence-electron chi connectivity index (χ3n) is 2.13. The Kier molecular flexibility index (Phi) is 5.32. The van der Waals surface area contributed by atoms with Crippen molar-refractivity contribution >= 4 is 0 Å². The summed E-state index contributed by atoms with van der Waals surface area (Å²) in [6.07, 6.45) is -1.53. The lowest BCUT2D eigenvalue weighted by Crippen LogP contribution is -2.55. The Labute approximate surface area is 99.8 Å². The third kappa shape index (κ3) is 3.74. The van der Waals surface area contributed by atoms with Crippen LogP contribution in [-0.2, 0) is 0 Å². The van der Waals surface area contributed by atoms with Crippen molar-refractivity contribution < 1.29 is 25.1 Å². The van der Waals surface area contributed by atoms with Gasteiger partial charge < -0.3 is 10.2 Å². The monoisotopic (exact) mass is 268 g/mol. The first kappa shape index (κ1) is 15.9. The van der Waals surface area contributed by atoms with Crippen molar-refractivity contribution in [2.24, 2.45) is 0 Å². The molecule has 1 atom stereocenters. The summed E-state index contributed by atoms with van der Waals surface area (Å²) >= 11 is 0. The molecule has 0 bridgehead atoms. The Morgan fingerprint density at radius 1 is 1.22 bits per heavy atom. The van der Waals surface area contributed by atoms with E-state index in [-0.39, 0.29) is 5.01 Å². The molecule has 0 amide bonds. The van der Waals surface area contributed by atoms with Crippen LogP contribution in [0.15, 0.2) is 0 Å². The fraction of sp³-hybridized carbons (Fsp3) is 1.00. The molecular formula is C6H12N4O8. The molecule has 0 aromatic rings. The molecule has 0 spiro atoms. The van der Waals surface area contributed by atoms with Gasteiger partial charge in [-0.15, -0.1) is 5.01 Å². The van der Waals surface area contributed by atoms with Crippen LogP contribution in [0.2, 0.25) is 0 Å². The predicted molar refractivity (Wildman–Crippen MR) is 54.1 cm³/mol. The van der Waals surface area contributed by atoms with Crippen LogP contribution in [0, 0.1) is 30.3 Å². The van der Waals surface area contributed by atoms with Gasteiger partial charge in [0.05, 0.1) is 13.5 Å². The molecule has 0 saturated carbocycles. The number of hydrogen-bond donors (Lipinski definition) is 2. The molecule has 0 fully saturated rings. The Balaban J connectivity index is 5.01. The first-order chi connectivity index (χ1) is 8.15. The summed E-state index contributed by atoms with van der Waals surface area (Å²) in [6, 6.07) is 0. The van der Waals surface area contributed by atoms with Gasteiger partial charge >= 0.3 is 5.66 Å². The first-order valence-electron chi connectivity index (χ1n) is 4.62. The lowest BCUT2D eigenvalue weighted by atomic mass is 10.2. The zero-order valence-corrected chi connectivity index (χ0v) is 9.33. The number of hydrogen-bond acceptors (Lipinski definition) is 8. The van der Waals surface area contributed by atoms with Gasteiger partial charge in [0, 0.05) is 0 Å². The van der Waals surface area contributed by atoms with E-state index in [0.29, 0.717) is 6.92 Å². The van der Waals surface area contributed by atoms with Crippen LogP contribution in [0.3, 0.4) is 0 Å². The van der Waals surface area contributed by atoms with Crippen LogP contribution in [0.1, 0.15) is 6.92 Å². The maximum absolute atomic E-state index is 10.6. The van der Waals surface area contributed by atoms with Crippen molar-refractivity contribution in [1.29, 1.82) is 0 Å². The second-order valence-electron chi connectivity index (χ2n) is 3.65. The fourth-order valence-corrected chi connectivity index (χ4v) is 1.02. The average molecular weight is 268 g/mol. The predicted octanol–water partition coefficient (Wildman–Crippen LogP) is -1.90. The van der Waals surface area contributed by atoms with Gasteiger partial charge in [0.25, 0.3) is 0 Å². The van der Waals surface area contributed by atoms with E-state index in [9.17, 15) is 30.3 Å². The molecule has 0 radical (unpaired) electrons. The van der Waals surface area contributed by atoms with Crippen LogP contribution in [-0.4, -0.2) is 61.6 Å². The number of aliphatic hydroxyl groups is 2. The molecule has 1 unspecified atom stereocenters. The zero-order valence-electron chi connectivity index (χ0n) is 9.33. The number of hydrazine groups is 1. The first-order valence-corrected chi connectivity index (χ1v) is 4.62. The molecule has 12 heteroatoms. The van der Waals surface area contributed by atoms with Crippen LogP contribution >= 0.6 is 0 Å². The number of nitrogens with zero attached hydrogens (tertiary/aromatic N) is 4. The minimum Gasteiger partial charge on any atom is -0.394 e. The molecule has 0 rings (SSSR count). The SMILES string of the molecule is CC(CN(CC(O)CO)[N+](=O)[O-])([N+](=O)[O-])[N+](=O)[O-]. The van der Waals surface area contributed by atoms with Gasteiger partial charge in [-0.1, -0.05) is 0 Å². The summed E-state index contributed by atoms with van der Waals surface area (Å²) in [7, 11) is 0. The third-order valence-corrected chi connectivity index (χ3v) is 2.13. The minimum absolute atomic E-state index is 0.118. The molecule has 0 aliphatic heterocycles. The Bertz CT molecular complexity index is 332. The van der Waals surface area contributed by atoms with Gasteiger partial charge in [0.15, 0.2) is 5.03 Å². The van der Waals surface area contributed by atoms with Crippen LogP contribution < -0.4 is 0 Å². The molecule has 0 aromatic heterocycles. The summed E-state index contributed by atoms with van der Waals surface area (Å²) in [5.41, 5.74) is -2.78. The zero-order chi connectivity index (χ0) is 14.5. The highest BCUT2D eigenvalue weighted by atomic mass is 16.7. The second-order valence-corrected chi connectivity index (χ2v) is 3.65. The van der Waals surface area contributed by atoms with E-state index >= 15 is 0 Å². The highest BCUT2D eigenvalue weighted by Gasteiger charge is 2.54. The van der Waals surface area contributed by atoms with Gasteiger partial charge in [0.2, 0.25) is 6.54 Å². The molecule has 2 N–H and O–H groups in total. The van der Waals surface area contributed by atoms with Crippen molar-refractivity contribution in [3.05, 3.63) is 30.3 Å². The summed E-state index contributed by atoms with van der Waals surface area (Å²) in [5.74, 6) is 0. The van der Waals surface area contributed by atoms with E-state index in [1.807, 2.05) is 0 Å². The van der Waals surface area contributed by atoms with E-state index in [4.69, 9.17) is 10.2 Å². The topological polar surface area (TPSA) is 173 Å². The smallest absolute Gasteiger partial charge is 0.394 e. The van der Waals surface area contributed by atoms with Gasteiger partial charge in [0.1, 0.15) is 22.5 Å². The van der Waals surface area contributed by atoms with E-state index in [1.54, 1.807) is 0 Å². The summed E-state index contributed by atoms with van der Waals surface area (Å²) in [4.78, 5) is 29.2. The van der Waals surface area contributed by atoms with E-state index in [0.717, 1.165) is 0 Å². The van der Waals surface area contributed by atoms with E-state index < -0.39 is 46.3 Å². The standard InChI is InChI=1S/C6H12N4O8/c1-6(8(13)14,9(15)16)4-7(10(17)18)2-5(12)3-11/h5,11-12H,2-4H2,1H3. The lowest BCUT2D eigenvalue weighted by molar-refractivity contribution is -0.805. The highest BCUT2D eigenvalue weighted by molar-refractivity contribution is 4.66. The van der Waals surface area contributed by atoms with Crippen molar-refractivity contribution in [3.8, 4) is 0 Å². The number of rotatable bonds is 8. The van der Waals surface area contributed by atoms with Crippen molar-refractivity contribution in [2.75, 3.05) is 19.7 Å². The summed E-state index contributed by atoms with van der Waals surface area (Å²) in [6.45, 7) is -2.09. The van der Waals surface area contributed by atoms with Crippen LogP contribution in [0.5, 0.6) is 0 Å². The number of nitro groups is 3. The molecule has 0 heterocycles. The summed E-state index contributed by atoms with van der Waals surface area (Å²) in [5, 5.41) is 48.3. The molecule has 0 aliphatic rings. The van der Waals surface area contributed by atoms with E-state index in [2.05, 4.69) is 0 Å².